The third-order valence-electron chi connectivity index (χ3n) is 3.76. The van der Waals surface area contributed by atoms with Gasteiger partial charge in [0.1, 0.15) is 17.1 Å². The smallest absolute Gasteiger partial charge is 0.282 e. The molecule has 0 aromatic heterocycles. The van der Waals surface area contributed by atoms with Gasteiger partial charge in [0.25, 0.3) is 17.5 Å². The largest absolute Gasteiger partial charge is 0.865 e. The molecular weight excluding hydrogens is 361 g/mol. The van der Waals surface area contributed by atoms with Crippen molar-refractivity contribution in [2.24, 2.45) is 0 Å². The fourth-order valence-corrected chi connectivity index (χ4v) is 2.47. The van der Waals surface area contributed by atoms with Crippen molar-refractivity contribution in [3.63, 3.8) is 0 Å². The van der Waals surface area contributed by atoms with E-state index in [1.165, 1.54) is 25.3 Å². The molecule has 0 unspecified atom stereocenters. The second-order valence-corrected chi connectivity index (χ2v) is 5.44. The number of halogens is 1. The molecule has 0 atom stereocenters. The molecule has 0 aliphatic carbocycles. The van der Waals surface area contributed by atoms with E-state index in [0.29, 0.717) is 0 Å². The van der Waals surface area contributed by atoms with Crippen molar-refractivity contribution in [3.05, 3.63) is 63.5 Å². The number of ether oxygens (including phenoxy) is 1. The molecule has 1 aliphatic rings. The number of nitro groups is 1. The van der Waals surface area contributed by atoms with Crippen molar-refractivity contribution < 1.29 is 28.7 Å². The van der Waals surface area contributed by atoms with Gasteiger partial charge in [0.05, 0.1) is 17.7 Å². The quantitative estimate of drug-likeness (QED) is 0.373. The Kier molecular flexibility index (Phi) is 4.46. The van der Waals surface area contributed by atoms with Crippen LogP contribution in [0.15, 0.2) is 42.0 Å². The molecule has 0 saturated carbocycles. The van der Waals surface area contributed by atoms with Crippen LogP contribution in [-0.4, -0.2) is 23.8 Å². The van der Waals surface area contributed by atoms with Crippen molar-refractivity contribution in [3.8, 4) is 11.5 Å². The molecule has 3 rings (SSSR count). The summed E-state index contributed by atoms with van der Waals surface area (Å²) in [6, 6.07) is 6.98. The first-order valence-corrected chi connectivity index (χ1v) is 7.48. The standard InChI is InChI=1S/C17H12FN3O6/c1-27-14-8-9(7-13(15(14)22)21(25)26)6-12-16(23)19-20(17(12)24)11-4-2-10(18)3-5-11/h2-8,22H,1H3,(H,19,23)/p-1. The van der Waals surface area contributed by atoms with Crippen LogP contribution in [0.3, 0.4) is 0 Å². The summed E-state index contributed by atoms with van der Waals surface area (Å²) in [7, 11) is 1.17. The fourth-order valence-electron chi connectivity index (χ4n) is 2.47. The summed E-state index contributed by atoms with van der Waals surface area (Å²) in [6.07, 6.45) is 1.11. The highest BCUT2D eigenvalue weighted by molar-refractivity contribution is 6.31. The number of rotatable bonds is 4. The minimum absolute atomic E-state index is 0.0672. The number of nitrogens with one attached hydrogen (secondary N) is 1. The Morgan fingerprint density at radius 3 is 2.48 bits per heavy atom. The average Bonchev–Trinajstić information content (AvgIpc) is 2.91. The molecule has 10 heteroatoms. The number of carbonyl (C=O) groups excluding carboxylic acids is 2. The number of hydrazine groups is 1. The maximum absolute atomic E-state index is 13.0. The van der Waals surface area contributed by atoms with Crippen LogP contribution in [0.1, 0.15) is 5.56 Å². The van der Waals surface area contributed by atoms with Crippen molar-refractivity contribution in [1.29, 1.82) is 0 Å². The van der Waals surface area contributed by atoms with E-state index >= 15 is 0 Å². The molecule has 1 fully saturated rings. The van der Waals surface area contributed by atoms with Crippen LogP contribution >= 0.6 is 0 Å². The minimum atomic E-state index is -0.917. The highest BCUT2D eigenvalue weighted by atomic mass is 19.1. The van der Waals surface area contributed by atoms with Gasteiger partial charge in [-0.25, -0.2) is 9.40 Å². The lowest BCUT2D eigenvalue weighted by molar-refractivity contribution is -0.398. The zero-order valence-electron chi connectivity index (χ0n) is 13.8. The molecule has 1 heterocycles. The van der Waals surface area contributed by atoms with Gasteiger partial charge in [-0.15, -0.1) is 0 Å². The molecule has 0 radical (unpaired) electrons. The first-order chi connectivity index (χ1) is 12.8. The predicted molar refractivity (Wildman–Crippen MR) is 89.1 cm³/mol. The van der Waals surface area contributed by atoms with Crippen LogP contribution in [0.5, 0.6) is 11.5 Å². The summed E-state index contributed by atoms with van der Waals surface area (Å²) in [4.78, 5) is 34.8. The molecule has 2 amide bonds. The van der Waals surface area contributed by atoms with E-state index in [9.17, 15) is 29.2 Å². The van der Waals surface area contributed by atoms with Crippen molar-refractivity contribution in [2.75, 3.05) is 12.1 Å². The van der Waals surface area contributed by atoms with Crippen molar-refractivity contribution >= 4 is 29.3 Å². The number of carbonyl (C=O) groups is 2. The number of amides is 2. The number of hydrogen-bond acceptors (Lipinski definition) is 6. The Balaban J connectivity index is 2.01. The molecule has 0 bridgehead atoms. The number of hydrogen-bond donors (Lipinski definition) is 1. The molecule has 27 heavy (non-hydrogen) atoms. The third kappa shape index (κ3) is 3.27. The van der Waals surface area contributed by atoms with E-state index in [2.05, 4.69) is 5.43 Å². The Morgan fingerprint density at radius 1 is 1.22 bits per heavy atom. The predicted octanol–water partition coefficient (Wildman–Crippen LogP) is 1.28. The Hall–Kier alpha value is -3.95. The van der Waals surface area contributed by atoms with E-state index in [4.69, 9.17) is 4.74 Å². The van der Waals surface area contributed by atoms with E-state index in [1.54, 1.807) is 0 Å². The summed E-state index contributed by atoms with van der Waals surface area (Å²) >= 11 is 0. The Labute approximate surface area is 151 Å². The number of anilines is 1. The van der Waals surface area contributed by atoms with Gasteiger partial charge in [-0.2, -0.15) is 0 Å². The van der Waals surface area contributed by atoms with Crippen LogP contribution in [-0.2, 0) is 9.59 Å². The summed E-state index contributed by atoms with van der Waals surface area (Å²) in [5, 5.41) is 23.8. The van der Waals surface area contributed by atoms with Gasteiger partial charge in [0.2, 0.25) is 0 Å². The van der Waals surface area contributed by atoms with Gasteiger partial charge in [0, 0.05) is 11.8 Å². The number of methoxy groups -OCH3 is 1. The minimum Gasteiger partial charge on any atom is -0.865 e. The zero-order valence-corrected chi connectivity index (χ0v) is 13.8. The molecule has 2 aromatic carbocycles. The first-order valence-electron chi connectivity index (χ1n) is 7.48. The van der Waals surface area contributed by atoms with Crippen LogP contribution < -0.4 is 20.3 Å². The topological polar surface area (TPSA) is 125 Å². The normalized spacial score (nSPS) is 15.2. The fraction of sp³-hybridized carbons (Fsp3) is 0.0588. The molecule has 2 aromatic rings. The van der Waals surface area contributed by atoms with Gasteiger partial charge in [-0.1, -0.05) is 0 Å². The molecule has 0 spiro atoms. The number of nitrogens with zero attached hydrogens (tertiary/aromatic N) is 2. The van der Waals surface area contributed by atoms with E-state index < -0.39 is 34.0 Å². The Morgan fingerprint density at radius 2 is 1.89 bits per heavy atom. The van der Waals surface area contributed by atoms with Crippen molar-refractivity contribution in [2.45, 2.75) is 0 Å². The van der Waals surface area contributed by atoms with Gasteiger partial charge >= 0.3 is 0 Å². The van der Waals surface area contributed by atoms with Gasteiger partial charge in [0.15, 0.2) is 0 Å². The lowest BCUT2D eigenvalue weighted by atomic mass is 10.1. The van der Waals surface area contributed by atoms with Crippen LogP contribution in [0.4, 0.5) is 15.8 Å². The second kappa shape index (κ2) is 6.75. The second-order valence-electron chi connectivity index (χ2n) is 5.44. The number of nitro benzene ring substituents is 1. The highest BCUT2D eigenvalue weighted by Crippen LogP contribution is 2.35. The van der Waals surface area contributed by atoms with E-state index in [-0.39, 0.29) is 22.6 Å². The summed E-state index contributed by atoms with van der Waals surface area (Å²) in [5.74, 6) is -3.21. The SMILES string of the molecule is COc1cc(C=C2C(=O)NN(c3ccc(F)cc3)C2=O)cc([N+](=O)[O-])c1[O-]. The summed E-state index contributed by atoms with van der Waals surface area (Å²) in [6.45, 7) is 0. The lowest BCUT2D eigenvalue weighted by Gasteiger charge is -2.14. The molecular formula is C17H11FN3O6-. The maximum atomic E-state index is 13.0. The molecule has 9 nitrogen and oxygen atoms in total. The first kappa shape index (κ1) is 17.9. The van der Waals surface area contributed by atoms with Gasteiger partial charge in [-0.3, -0.25) is 25.1 Å². The van der Waals surface area contributed by atoms with Crippen LogP contribution in [0.2, 0.25) is 0 Å². The molecule has 138 valence electrons. The van der Waals surface area contributed by atoms with Crippen LogP contribution in [0, 0.1) is 15.9 Å². The highest BCUT2D eigenvalue weighted by Gasteiger charge is 2.34. The van der Waals surface area contributed by atoms with Gasteiger partial charge < -0.3 is 9.84 Å². The van der Waals surface area contributed by atoms with Crippen LogP contribution in [0.25, 0.3) is 6.08 Å². The summed E-state index contributed by atoms with van der Waals surface area (Å²) < 4.78 is 17.8. The molecule has 1 aliphatic heterocycles. The average molecular weight is 372 g/mol. The number of benzene rings is 2. The zero-order chi connectivity index (χ0) is 19.7. The molecule has 1 N–H and O–H groups in total. The maximum Gasteiger partial charge on any atom is 0.282 e. The van der Waals surface area contributed by atoms with E-state index in [1.807, 2.05) is 0 Å². The molecule has 1 saturated heterocycles. The van der Waals surface area contributed by atoms with E-state index in [0.717, 1.165) is 29.3 Å². The van der Waals surface area contributed by atoms with Gasteiger partial charge in [-0.05, 0) is 42.0 Å². The Bertz CT molecular complexity index is 987. The van der Waals surface area contributed by atoms with Crippen molar-refractivity contribution in [1.82, 2.24) is 5.43 Å². The monoisotopic (exact) mass is 372 g/mol. The third-order valence-corrected chi connectivity index (χ3v) is 3.76. The summed E-state index contributed by atoms with van der Waals surface area (Å²) in [5.41, 5.74) is 1.56. The lowest BCUT2D eigenvalue weighted by Crippen LogP contribution is -2.35.